The molecule has 1 aromatic rings. The molecule has 0 aromatic heterocycles. The SMILES string of the molecule is O=C(CCc1ccccc1)N1CCCC(N(CCN2CCOCC2)C(=O)C2CC2)C1. The quantitative estimate of drug-likeness (QED) is 0.656. The number of ether oxygens (including phenoxy) is 1. The van der Waals surface area contributed by atoms with E-state index in [0.717, 1.165) is 78.0 Å². The molecule has 1 atom stereocenters. The van der Waals surface area contributed by atoms with Crippen molar-refractivity contribution in [3.05, 3.63) is 35.9 Å². The van der Waals surface area contributed by atoms with Crippen molar-refractivity contribution in [2.45, 2.75) is 44.6 Å². The molecule has 30 heavy (non-hydrogen) atoms. The third-order valence-electron chi connectivity index (χ3n) is 6.63. The highest BCUT2D eigenvalue weighted by Gasteiger charge is 2.38. The number of amides is 2. The first-order valence-corrected chi connectivity index (χ1v) is 11.6. The number of carbonyl (C=O) groups excluding carboxylic acids is 2. The highest BCUT2D eigenvalue weighted by molar-refractivity contribution is 5.81. The summed E-state index contributed by atoms with van der Waals surface area (Å²) in [5, 5.41) is 0. The van der Waals surface area contributed by atoms with Crippen molar-refractivity contribution in [2.75, 3.05) is 52.5 Å². The van der Waals surface area contributed by atoms with Crippen molar-refractivity contribution >= 4 is 11.8 Å². The van der Waals surface area contributed by atoms with E-state index in [9.17, 15) is 9.59 Å². The first kappa shape index (κ1) is 21.3. The molecule has 1 saturated carbocycles. The van der Waals surface area contributed by atoms with E-state index in [-0.39, 0.29) is 17.9 Å². The van der Waals surface area contributed by atoms with Crippen LogP contribution in [0.1, 0.15) is 37.7 Å². The van der Waals surface area contributed by atoms with Crippen LogP contribution in [-0.4, -0.2) is 85.0 Å². The van der Waals surface area contributed by atoms with Crippen LogP contribution in [0.5, 0.6) is 0 Å². The van der Waals surface area contributed by atoms with Gasteiger partial charge in [0.1, 0.15) is 0 Å². The fourth-order valence-corrected chi connectivity index (χ4v) is 4.60. The maximum atomic E-state index is 13.0. The molecule has 3 fully saturated rings. The molecular formula is C24H35N3O3. The van der Waals surface area contributed by atoms with Crippen LogP contribution in [0.2, 0.25) is 0 Å². The minimum atomic E-state index is 0.161. The molecule has 1 unspecified atom stereocenters. The number of benzene rings is 1. The van der Waals surface area contributed by atoms with E-state index < -0.39 is 0 Å². The monoisotopic (exact) mass is 413 g/mol. The van der Waals surface area contributed by atoms with Gasteiger partial charge in [0.25, 0.3) is 0 Å². The minimum Gasteiger partial charge on any atom is -0.379 e. The van der Waals surface area contributed by atoms with Crippen molar-refractivity contribution in [3.63, 3.8) is 0 Å². The number of hydrogen-bond acceptors (Lipinski definition) is 4. The zero-order valence-corrected chi connectivity index (χ0v) is 18.0. The van der Waals surface area contributed by atoms with Gasteiger partial charge in [-0.1, -0.05) is 30.3 Å². The maximum Gasteiger partial charge on any atom is 0.226 e. The van der Waals surface area contributed by atoms with Crippen LogP contribution < -0.4 is 0 Å². The van der Waals surface area contributed by atoms with Crippen molar-refractivity contribution in [1.82, 2.24) is 14.7 Å². The van der Waals surface area contributed by atoms with Crippen molar-refractivity contribution in [1.29, 1.82) is 0 Å². The minimum absolute atomic E-state index is 0.161. The fraction of sp³-hybridized carbons (Fsp3) is 0.667. The summed E-state index contributed by atoms with van der Waals surface area (Å²) in [5.41, 5.74) is 1.20. The summed E-state index contributed by atoms with van der Waals surface area (Å²) in [6, 6.07) is 10.4. The Labute approximate surface area is 180 Å². The number of aryl methyl sites for hydroxylation is 1. The summed E-state index contributed by atoms with van der Waals surface area (Å²) >= 11 is 0. The Morgan fingerprint density at radius 2 is 1.80 bits per heavy atom. The molecule has 2 heterocycles. The molecule has 1 aliphatic carbocycles. The number of hydrogen-bond donors (Lipinski definition) is 0. The van der Waals surface area contributed by atoms with E-state index in [2.05, 4.69) is 21.9 Å². The second-order valence-electron chi connectivity index (χ2n) is 8.88. The van der Waals surface area contributed by atoms with Crippen LogP contribution in [-0.2, 0) is 20.7 Å². The normalized spacial score (nSPS) is 22.7. The Morgan fingerprint density at radius 1 is 1.03 bits per heavy atom. The Hall–Kier alpha value is -1.92. The molecule has 3 aliphatic rings. The molecular weight excluding hydrogens is 378 g/mol. The third-order valence-corrected chi connectivity index (χ3v) is 6.63. The summed E-state index contributed by atoms with van der Waals surface area (Å²) < 4.78 is 5.45. The molecule has 2 amide bonds. The van der Waals surface area contributed by atoms with Crippen LogP contribution >= 0.6 is 0 Å². The standard InChI is InChI=1S/C24H35N3O3/c28-23(11-8-20-5-2-1-3-6-20)26-12-4-7-22(19-26)27(24(29)21-9-10-21)14-13-25-15-17-30-18-16-25/h1-3,5-6,21-22H,4,7-19H2. The summed E-state index contributed by atoms with van der Waals surface area (Å²) in [7, 11) is 0. The number of morpholine rings is 1. The van der Waals surface area contributed by atoms with Crippen LogP contribution in [0.4, 0.5) is 0 Å². The lowest BCUT2D eigenvalue weighted by Gasteiger charge is -2.40. The van der Waals surface area contributed by atoms with E-state index in [1.807, 2.05) is 23.1 Å². The van der Waals surface area contributed by atoms with Gasteiger partial charge >= 0.3 is 0 Å². The number of nitrogens with zero attached hydrogens (tertiary/aromatic N) is 3. The molecule has 0 spiro atoms. The molecule has 2 aliphatic heterocycles. The predicted octanol–water partition coefficient (Wildman–Crippen LogP) is 2.18. The van der Waals surface area contributed by atoms with Crippen molar-refractivity contribution < 1.29 is 14.3 Å². The Kier molecular flexibility index (Phi) is 7.39. The van der Waals surface area contributed by atoms with Gasteiger partial charge in [-0.15, -0.1) is 0 Å². The number of piperidine rings is 1. The number of carbonyl (C=O) groups is 2. The third kappa shape index (κ3) is 5.82. The Bertz CT molecular complexity index is 701. The van der Waals surface area contributed by atoms with E-state index in [1.165, 1.54) is 5.56 Å². The topological polar surface area (TPSA) is 53.1 Å². The van der Waals surface area contributed by atoms with Gasteiger partial charge in [-0.05, 0) is 37.7 Å². The van der Waals surface area contributed by atoms with Gasteiger partial charge in [0.2, 0.25) is 11.8 Å². The van der Waals surface area contributed by atoms with E-state index in [0.29, 0.717) is 18.9 Å². The Morgan fingerprint density at radius 3 is 2.53 bits per heavy atom. The zero-order valence-electron chi connectivity index (χ0n) is 18.0. The van der Waals surface area contributed by atoms with Gasteiger partial charge in [0.15, 0.2) is 0 Å². The molecule has 4 rings (SSSR count). The van der Waals surface area contributed by atoms with E-state index in [4.69, 9.17) is 4.74 Å². The molecule has 6 heteroatoms. The van der Waals surface area contributed by atoms with Gasteiger partial charge in [-0.3, -0.25) is 14.5 Å². The molecule has 0 radical (unpaired) electrons. The lowest BCUT2D eigenvalue weighted by molar-refractivity contribution is -0.141. The van der Waals surface area contributed by atoms with Crippen molar-refractivity contribution in [3.8, 4) is 0 Å². The largest absolute Gasteiger partial charge is 0.379 e. The zero-order chi connectivity index (χ0) is 20.8. The Balaban J connectivity index is 1.33. The summed E-state index contributed by atoms with van der Waals surface area (Å²) in [6.07, 6.45) is 5.36. The van der Waals surface area contributed by atoms with Gasteiger partial charge in [-0.2, -0.15) is 0 Å². The molecule has 6 nitrogen and oxygen atoms in total. The second-order valence-corrected chi connectivity index (χ2v) is 8.88. The van der Waals surface area contributed by atoms with Crippen molar-refractivity contribution in [2.24, 2.45) is 5.92 Å². The molecule has 2 saturated heterocycles. The van der Waals surface area contributed by atoms with Gasteiger partial charge < -0.3 is 14.5 Å². The van der Waals surface area contributed by atoms with Crippen LogP contribution in [0.25, 0.3) is 0 Å². The first-order chi connectivity index (χ1) is 14.7. The average Bonchev–Trinajstić information content (AvgIpc) is 3.65. The summed E-state index contributed by atoms with van der Waals surface area (Å²) in [5.74, 6) is 0.751. The highest BCUT2D eigenvalue weighted by Crippen LogP contribution is 2.32. The van der Waals surface area contributed by atoms with E-state index >= 15 is 0 Å². The van der Waals surface area contributed by atoms with Crippen LogP contribution in [0.3, 0.4) is 0 Å². The smallest absolute Gasteiger partial charge is 0.226 e. The number of likely N-dealkylation sites (tertiary alicyclic amines) is 1. The highest BCUT2D eigenvalue weighted by atomic mass is 16.5. The molecule has 0 N–H and O–H groups in total. The first-order valence-electron chi connectivity index (χ1n) is 11.6. The van der Waals surface area contributed by atoms with Crippen LogP contribution in [0, 0.1) is 5.92 Å². The molecule has 0 bridgehead atoms. The maximum absolute atomic E-state index is 13.0. The van der Waals surface area contributed by atoms with Crippen LogP contribution in [0.15, 0.2) is 30.3 Å². The summed E-state index contributed by atoms with van der Waals surface area (Å²) in [4.78, 5) is 32.4. The van der Waals surface area contributed by atoms with Gasteiger partial charge in [0.05, 0.1) is 13.2 Å². The van der Waals surface area contributed by atoms with Gasteiger partial charge in [-0.25, -0.2) is 0 Å². The van der Waals surface area contributed by atoms with E-state index in [1.54, 1.807) is 0 Å². The average molecular weight is 414 g/mol. The second kappa shape index (κ2) is 10.4. The van der Waals surface area contributed by atoms with Gasteiger partial charge in [0, 0.05) is 57.6 Å². The molecule has 164 valence electrons. The lowest BCUT2D eigenvalue weighted by Crippen LogP contribution is -2.54. The lowest BCUT2D eigenvalue weighted by atomic mass is 10.0. The number of rotatable bonds is 8. The summed E-state index contributed by atoms with van der Waals surface area (Å²) in [6.45, 7) is 6.63. The fourth-order valence-electron chi connectivity index (χ4n) is 4.60. The molecule has 1 aromatic carbocycles. The predicted molar refractivity (Wildman–Crippen MR) is 116 cm³/mol.